The number of ether oxygens (including phenoxy) is 1. The first-order valence-electron chi connectivity index (χ1n) is 9.44. The number of aryl methyl sites for hydroxylation is 2. The van der Waals surface area contributed by atoms with E-state index in [1.54, 1.807) is 31.4 Å². The molecule has 0 aliphatic carbocycles. The van der Waals surface area contributed by atoms with Gasteiger partial charge in [-0.2, -0.15) is 0 Å². The van der Waals surface area contributed by atoms with Crippen LogP contribution in [-0.4, -0.2) is 22.6 Å². The summed E-state index contributed by atoms with van der Waals surface area (Å²) in [6.45, 7) is 3.96. The molecule has 0 aliphatic heterocycles. The lowest BCUT2D eigenvalue weighted by Gasteiger charge is -2.09. The van der Waals surface area contributed by atoms with Crippen LogP contribution >= 0.6 is 11.3 Å². The first-order chi connectivity index (χ1) is 14.5. The molecule has 0 unspecified atom stereocenters. The Morgan fingerprint density at radius 3 is 2.60 bits per heavy atom. The van der Waals surface area contributed by atoms with Crippen molar-refractivity contribution in [3.63, 3.8) is 0 Å². The van der Waals surface area contributed by atoms with Crippen molar-refractivity contribution in [2.75, 3.05) is 12.4 Å². The molecule has 0 spiro atoms. The Hall–Kier alpha value is -3.45. The zero-order valence-electron chi connectivity index (χ0n) is 16.9. The number of methoxy groups -OCH3 is 1. The number of amides is 1. The quantitative estimate of drug-likeness (QED) is 0.521. The van der Waals surface area contributed by atoms with E-state index in [0.717, 1.165) is 16.7 Å². The van der Waals surface area contributed by atoms with Gasteiger partial charge in [0.2, 0.25) is 5.91 Å². The summed E-state index contributed by atoms with van der Waals surface area (Å²) < 4.78 is 6.46. The summed E-state index contributed by atoms with van der Waals surface area (Å²) >= 11 is 1.43. The minimum Gasteiger partial charge on any atom is -0.497 e. The molecule has 1 amide bonds. The Kier molecular flexibility index (Phi) is 5.37. The van der Waals surface area contributed by atoms with Crippen molar-refractivity contribution in [3.8, 4) is 16.9 Å². The fourth-order valence-corrected chi connectivity index (χ4v) is 4.32. The van der Waals surface area contributed by atoms with E-state index in [-0.39, 0.29) is 18.0 Å². The summed E-state index contributed by atoms with van der Waals surface area (Å²) in [5.74, 6) is 0.405. The molecule has 0 radical (unpaired) electrons. The number of carbonyl (C=O) groups excluding carboxylic acids is 1. The van der Waals surface area contributed by atoms with Crippen LogP contribution in [0.25, 0.3) is 21.3 Å². The van der Waals surface area contributed by atoms with Crippen molar-refractivity contribution in [2.45, 2.75) is 20.4 Å². The maximum Gasteiger partial charge on any atom is 0.263 e. The molecule has 2 heterocycles. The van der Waals surface area contributed by atoms with E-state index in [1.807, 2.05) is 31.4 Å². The number of carbonyl (C=O) groups is 1. The van der Waals surface area contributed by atoms with Gasteiger partial charge in [0.05, 0.1) is 18.8 Å². The van der Waals surface area contributed by atoms with Crippen LogP contribution in [0.1, 0.15) is 11.1 Å². The molecule has 0 bridgehead atoms. The average molecular weight is 420 g/mol. The number of thiophene rings is 1. The summed E-state index contributed by atoms with van der Waals surface area (Å²) in [7, 11) is 1.58. The molecule has 0 saturated carbocycles. The van der Waals surface area contributed by atoms with Crippen LogP contribution in [0.5, 0.6) is 5.75 Å². The number of nitrogens with zero attached hydrogens (tertiary/aromatic N) is 2. The van der Waals surface area contributed by atoms with Gasteiger partial charge in [-0.3, -0.25) is 14.2 Å². The zero-order chi connectivity index (χ0) is 21.3. The van der Waals surface area contributed by atoms with Crippen molar-refractivity contribution in [1.82, 2.24) is 9.55 Å². The Morgan fingerprint density at radius 1 is 1.13 bits per heavy atom. The summed E-state index contributed by atoms with van der Waals surface area (Å²) in [5.41, 5.74) is 4.54. The van der Waals surface area contributed by atoms with Gasteiger partial charge < -0.3 is 10.1 Å². The normalized spacial score (nSPS) is 10.9. The van der Waals surface area contributed by atoms with Crippen molar-refractivity contribution in [2.24, 2.45) is 0 Å². The first-order valence-corrected chi connectivity index (χ1v) is 10.3. The number of rotatable bonds is 5. The fraction of sp³-hybridized carbons (Fsp3) is 0.174. The van der Waals surface area contributed by atoms with E-state index in [4.69, 9.17) is 4.74 Å². The predicted octanol–water partition coefficient (Wildman–Crippen LogP) is 4.39. The monoisotopic (exact) mass is 419 g/mol. The van der Waals surface area contributed by atoms with Gasteiger partial charge in [0.1, 0.15) is 17.1 Å². The second-order valence-electron chi connectivity index (χ2n) is 7.10. The summed E-state index contributed by atoms with van der Waals surface area (Å²) in [5, 5.41) is 5.30. The van der Waals surface area contributed by atoms with E-state index < -0.39 is 0 Å². The summed E-state index contributed by atoms with van der Waals surface area (Å²) in [6, 6.07) is 13.2. The van der Waals surface area contributed by atoms with Gasteiger partial charge in [0, 0.05) is 16.6 Å². The van der Waals surface area contributed by atoms with Crippen LogP contribution in [0.4, 0.5) is 5.69 Å². The Labute approximate surface area is 177 Å². The van der Waals surface area contributed by atoms with Gasteiger partial charge >= 0.3 is 0 Å². The van der Waals surface area contributed by atoms with Crippen molar-refractivity contribution in [1.29, 1.82) is 0 Å². The number of hydrogen-bond donors (Lipinski definition) is 1. The number of nitrogens with one attached hydrogen (secondary N) is 1. The molecule has 0 aliphatic rings. The molecule has 7 heteroatoms. The third-order valence-corrected chi connectivity index (χ3v) is 5.81. The van der Waals surface area contributed by atoms with Crippen LogP contribution in [0.15, 0.2) is 59.0 Å². The molecule has 152 valence electrons. The third-order valence-electron chi connectivity index (χ3n) is 4.92. The molecule has 1 N–H and O–H groups in total. The van der Waals surface area contributed by atoms with Gasteiger partial charge in [0.15, 0.2) is 0 Å². The van der Waals surface area contributed by atoms with Gasteiger partial charge in [-0.05, 0) is 49.2 Å². The van der Waals surface area contributed by atoms with Crippen molar-refractivity contribution < 1.29 is 9.53 Å². The first kappa shape index (κ1) is 19.8. The van der Waals surface area contributed by atoms with Gasteiger partial charge in [0.25, 0.3) is 5.56 Å². The summed E-state index contributed by atoms with van der Waals surface area (Å²) in [4.78, 5) is 30.7. The topological polar surface area (TPSA) is 73.2 Å². The molecule has 4 aromatic rings. The maximum atomic E-state index is 13.2. The van der Waals surface area contributed by atoms with Crippen LogP contribution in [0.3, 0.4) is 0 Å². The smallest absolute Gasteiger partial charge is 0.263 e. The third kappa shape index (κ3) is 3.84. The van der Waals surface area contributed by atoms with Gasteiger partial charge in [-0.25, -0.2) is 4.98 Å². The van der Waals surface area contributed by atoms with E-state index in [9.17, 15) is 9.59 Å². The maximum absolute atomic E-state index is 13.2. The predicted molar refractivity (Wildman–Crippen MR) is 120 cm³/mol. The molecule has 6 nitrogen and oxygen atoms in total. The molecule has 2 aromatic carbocycles. The van der Waals surface area contributed by atoms with E-state index >= 15 is 0 Å². The molecule has 2 aromatic heterocycles. The number of fused-ring (bicyclic) bond motifs is 1. The number of benzene rings is 2. The van der Waals surface area contributed by atoms with E-state index in [2.05, 4.69) is 16.4 Å². The van der Waals surface area contributed by atoms with E-state index in [0.29, 0.717) is 21.7 Å². The Balaban J connectivity index is 1.64. The lowest BCUT2D eigenvalue weighted by molar-refractivity contribution is -0.116. The number of anilines is 1. The molecule has 0 atom stereocenters. The highest BCUT2D eigenvalue weighted by Crippen LogP contribution is 2.33. The lowest BCUT2D eigenvalue weighted by Crippen LogP contribution is -2.27. The molecule has 0 fully saturated rings. The van der Waals surface area contributed by atoms with Crippen LogP contribution in [0.2, 0.25) is 0 Å². The Morgan fingerprint density at radius 2 is 1.90 bits per heavy atom. The highest BCUT2D eigenvalue weighted by Gasteiger charge is 2.16. The minimum atomic E-state index is -0.299. The van der Waals surface area contributed by atoms with Crippen molar-refractivity contribution in [3.05, 3.63) is 75.7 Å². The number of aromatic nitrogens is 2. The van der Waals surface area contributed by atoms with Crippen LogP contribution in [-0.2, 0) is 11.3 Å². The molecular weight excluding hydrogens is 398 g/mol. The number of hydrogen-bond acceptors (Lipinski definition) is 5. The van der Waals surface area contributed by atoms with Gasteiger partial charge in [-0.1, -0.05) is 23.8 Å². The molecule has 30 heavy (non-hydrogen) atoms. The lowest BCUT2D eigenvalue weighted by atomic mass is 9.99. The Bertz CT molecular complexity index is 1290. The SMILES string of the molecule is COc1ccc(NC(=O)Cn2cnc3scc(-c4ccc(C)cc4C)c3c2=O)cc1. The van der Waals surface area contributed by atoms with Gasteiger partial charge in [-0.15, -0.1) is 11.3 Å². The highest BCUT2D eigenvalue weighted by molar-refractivity contribution is 7.17. The fourth-order valence-electron chi connectivity index (χ4n) is 3.42. The van der Waals surface area contributed by atoms with E-state index in [1.165, 1.54) is 27.8 Å². The standard InChI is InChI=1S/C23H21N3O3S/c1-14-4-9-18(15(2)10-14)19-12-30-22-21(19)23(28)26(13-24-22)11-20(27)25-16-5-7-17(29-3)8-6-16/h4-10,12-13H,11H2,1-3H3,(H,25,27). The molecule has 0 saturated heterocycles. The van der Waals surface area contributed by atoms with Crippen LogP contribution < -0.4 is 15.6 Å². The zero-order valence-corrected chi connectivity index (χ0v) is 17.7. The largest absolute Gasteiger partial charge is 0.497 e. The average Bonchev–Trinajstić information content (AvgIpc) is 3.15. The molecular formula is C23H21N3O3S. The molecule has 4 rings (SSSR count). The highest BCUT2D eigenvalue weighted by atomic mass is 32.1. The second kappa shape index (κ2) is 8.12. The minimum absolute atomic E-state index is 0.115. The van der Waals surface area contributed by atoms with Crippen molar-refractivity contribution >= 4 is 33.1 Å². The summed E-state index contributed by atoms with van der Waals surface area (Å²) in [6.07, 6.45) is 1.43. The second-order valence-corrected chi connectivity index (χ2v) is 7.96. The van der Waals surface area contributed by atoms with Crippen LogP contribution in [0, 0.1) is 13.8 Å².